The van der Waals surface area contributed by atoms with Gasteiger partial charge in [-0.3, -0.25) is 0 Å². The van der Waals surface area contributed by atoms with Crippen LogP contribution in [0.15, 0.2) is 52.9 Å². The van der Waals surface area contributed by atoms with Crippen LogP contribution in [0.4, 0.5) is 13.2 Å². The fourth-order valence-corrected chi connectivity index (χ4v) is 5.17. The van der Waals surface area contributed by atoms with Crippen molar-refractivity contribution in [1.29, 1.82) is 0 Å². The zero-order valence-corrected chi connectivity index (χ0v) is 20.6. The summed E-state index contributed by atoms with van der Waals surface area (Å²) in [6, 6.07) is 13.4. The SMILES string of the molecule is FC(F)(F)Sc1ccc2c(c1)C(=C1CCN(CC3CC3)CC1)c1ccccc1C=C2.O=P(O)(O)O. The zero-order valence-electron chi connectivity index (χ0n) is 18.9. The maximum atomic E-state index is 13.0. The number of phosphoric acid groups is 1. The number of hydrogen-bond acceptors (Lipinski definition) is 3. The van der Waals surface area contributed by atoms with E-state index in [1.54, 1.807) is 12.1 Å². The second-order valence-corrected chi connectivity index (χ2v) is 11.1. The molecular formula is C25H27F3NO4PS. The summed E-state index contributed by atoms with van der Waals surface area (Å²) >= 11 is -0.0304. The number of benzene rings is 2. The van der Waals surface area contributed by atoms with Gasteiger partial charge in [0.05, 0.1) is 0 Å². The number of fused-ring (bicyclic) bond motifs is 2. The first-order valence-electron chi connectivity index (χ1n) is 11.4. The van der Waals surface area contributed by atoms with Crippen LogP contribution in [0.1, 0.15) is 47.9 Å². The molecule has 35 heavy (non-hydrogen) atoms. The maximum absolute atomic E-state index is 13.0. The van der Waals surface area contributed by atoms with Gasteiger partial charge in [-0.25, -0.2) is 4.57 Å². The van der Waals surface area contributed by atoms with Crippen molar-refractivity contribution in [3.63, 3.8) is 0 Å². The molecule has 0 spiro atoms. The van der Waals surface area contributed by atoms with Crippen molar-refractivity contribution < 1.29 is 32.4 Å². The summed E-state index contributed by atoms with van der Waals surface area (Å²) in [6.07, 6.45) is 8.79. The highest BCUT2D eigenvalue weighted by atomic mass is 32.2. The van der Waals surface area contributed by atoms with Gasteiger partial charge in [-0.2, -0.15) is 13.2 Å². The number of nitrogens with zero attached hydrogens (tertiary/aromatic N) is 1. The number of likely N-dealkylation sites (tertiary alicyclic amines) is 1. The van der Waals surface area contributed by atoms with Crippen LogP contribution in [0.5, 0.6) is 0 Å². The molecule has 0 unspecified atom stereocenters. The first kappa shape index (κ1) is 26.2. The van der Waals surface area contributed by atoms with Crippen LogP contribution < -0.4 is 0 Å². The third kappa shape index (κ3) is 7.81. The fraction of sp³-hybridized carbons (Fsp3) is 0.360. The van der Waals surface area contributed by atoms with Gasteiger partial charge >= 0.3 is 13.3 Å². The molecule has 3 aliphatic rings. The van der Waals surface area contributed by atoms with Gasteiger partial charge < -0.3 is 19.6 Å². The van der Waals surface area contributed by atoms with Crippen molar-refractivity contribution in [2.45, 2.75) is 36.1 Å². The molecular weight excluding hydrogens is 498 g/mol. The lowest BCUT2D eigenvalue weighted by molar-refractivity contribution is -0.0328. The Labute approximate surface area is 206 Å². The van der Waals surface area contributed by atoms with E-state index in [4.69, 9.17) is 19.2 Å². The first-order valence-corrected chi connectivity index (χ1v) is 13.7. The minimum atomic E-state index is -4.64. The smallest absolute Gasteiger partial charge is 0.303 e. The second kappa shape index (κ2) is 10.6. The largest absolute Gasteiger partial charge is 0.466 e. The number of thioether (sulfide) groups is 1. The summed E-state index contributed by atoms with van der Waals surface area (Å²) in [6.45, 7) is 3.28. The minimum Gasteiger partial charge on any atom is -0.303 e. The van der Waals surface area contributed by atoms with Crippen LogP contribution in [0.2, 0.25) is 0 Å². The average Bonchev–Trinajstić information content (AvgIpc) is 3.58. The third-order valence-electron chi connectivity index (χ3n) is 6.23. The van der Waals surface area contributed by atoms with Gasteiger partial charge in [0, 0.05) is 24.5 Å². The van der Waals surface area contributed by atoms with Gasteiger partial charge in [-0.15, -0.1) is 0 Å². The number of hydrogen-bond donors (Lipinski definition) is 3. The van der Waals surface area contributed by atoms with Crippen LogP contribution >= 0.6 is 19.6 Å². The Morgan fingerprint density at radius 2 is 1.54 bits per heavy atom. The summed E-state index contributed by atoms with van der Waals surface area (Å²) in [5, 5.41) is 0. The van der Waals surface area contributed by atoms with E-state index in [1.807, 2.05) is 24.3 Å². The van der Waals surface area contributed by atoms with Gasteiger partial charge in [0.25, 0.3) is 0 Å². The van der Waals surface area contributed by atoms with Crippen molar-refractivity contribution in [3.8, 4) is 0 Å². The molecule has 188 valence electrons. The molecule has 5 rings (SSSR count). The average molecular weight is 526 g/mol. The lowest BCUT2D eigenvalue weighted by Crippen LogP contribution is -2.32. The van der Waals surface area contributed by atoms with E-state index in [0.717, 1.165) is 59.7 Å². The van der Waals surface area contributed by atoms with Crippen molar-refractivity contribution in [2.24, 2.45) is 5.92 Å². The number of piperidine rings is 1. The molecule has 5 nitrogen and oxygen atoms in total. The number of rotatable bonds is 3. The van der Waals surface area contributed by atoms with Gasteiger partial charge in [0.1, 0.15) is 0 Å². The number of halogens is 3. The standard InChI is InChI=1S/C25H24F3NS.H3O4P/c26-25(27,28)30-21-10-9-19-8-7-18-3-1-2-4-22(18)24(23(19)15-21)20-11-13-29(14-12-20)16-17-5-6-17;1-5(2,3)4/h1-4,7-10,15,17H,5-6,11-14,16H2;(H3,1,2,3,4). The Morgan fingerprint density at radius 3 is 2.14 bits per heavy atom. The molecule has 1 saturated heterocycles. The Hall–Kier alpha value is -1.87. The van der Waals surface area contributed by atoms with Crippen LogP contribution in [-0.4, -0.2) is 44.7 Å². The van der Waals surface area contributed by atoms with Crippen molar-refractivity contribution >= 4 is 37.3 Å². The molecule has 0 radical (unpaired) electrons. The molecule has 0 amide bonds. The van der Waals surface area contributed by atoms with E-state index < -0.39 is 13.3 Å². The Morgan fingerprint density at radius 1 is 0.943 bits per heavy atom. The molecule has 2 aromatic rings. The van der Waals surface area contributed by atoms with Crippen molar-refractivity contribution in [3.05, 3.63) is 70.3 Å². The van der Waals surface area contributed by atoms with Crippen molar-refractivity contribution in [2.75, 3.05) is 19.6 Å². The molecule has 2 aliphatic carbocycles. The van der Waals surface area contributed by atoms with E-state index in [2.05, 4.69) is 23.1 Å². The Bertz CT molecular complexity index is 1170. The maximum Gasteiger partial charge on any atom is 0.466 e. The fourth-order valence-electron chi connectivity index (χ4n) is 4.59. The summed E-state index contributed by atoms with van der Waals surface area (Å²) in [5.41, 5.74) is 2.40. The molecule has 10 heteroatoms. The molecule has 0 aromatic heterocycles. The highest BCUT2D eigenvalue weighted by molar-refractivity contribution is 8.00. The second-order valence-electron chi connectivity index (χ2n) is 8.95. The van der Waals surface area contributed by atoms with Gasteiger partial charge in [-0.05, 0) is 83.3 Å². The normalized spacial score (nSPS) is 18.3. The summed E-state index contributed by atoms with van der Waals surface area (Å²) < 4.78 is 48.0. The molecule has 3 N–H and O–H groups in total. The summed E-state index contributed by atoms with van der Waals surface area (Å²) in [4.78, 5) is 24.4. The van der Waals surface area contributed by atoms with Gasteiger partial charge in [-0.1, -0.05) is 48.1 Å². The van der Waals surface area contributed by atoms with Crippen LogP contribution in [0, 0.1) is 5.92 Å². The summed E-state index contributed by atoms with van der Waals surface area (Å²) in [5.74, 6) is 0.879. The lowest BCUT2D eigenvalue weighted by atomic mass is 9.86. The predicted molar refractivity (Wildman–Crippen MR) is 132 cm³/mol. The topological polar surface area (TPSA) is 81.0 Å². The van der Waals surface area contributed by atoms with Crippen LogP contribution in [-0.2, 0) is 4.57 Å². The first-order chi connectivity index (χ1) is 16.5. The van der Waals surface area contributed by atoms with Crippen molar-refractivity contribution in [1.82, 2.24) is 4.90 Å². The molecule has 0 bridgehead atoms. The molecule has 1 heterocycles. The van der Waals surface area contributed by atoms with E-state index in [9.17, 15) is 13.2 Å². The Kier molecular flexibility index (Phi) is 7.95. The van der Waals surface area contributed by atoms with Gasteiger partial charge in [0.15, 0.2) is 0 Å². The van der Waals surface area contributed by atoms with E-state index in [-0.39, 0.29) is 16.7 Å². The van der Waals surface area contributed by atoms with E-state index in [1.165, 1.54) is 25.0 Å². The number of alkyl halides is 3. The lowest BCUT2D eigenvalue weighted by Gasteiger charge is -2.30. The quantitative estimate of drug-likeness (QED) is 0.281. The molecule has 0 atom stereocenters. The monoisotopic (exact) mass is 525 g/mol. The predicted octanol–water partition coefficient (Wildman–Crippen LogP) is 6.16. The molecule has 2 aromatic carbocycles. The van der Waals surface area contributed by atoms with E-state index >= 15 is 0 Å². The van der Waals surface area contributed by atoms with Crippen LogP contribution in [0.25, 0.3) is 17.7 Å². The van der Waals surface area contributed by atoms with Gasteiger partial charge in [0.2, 0.25) is 0 Å². The highest BCUT2D eigenvalue weighted by Gasteiger charge is 2.31. The summed E-state index contributed by atoms with van der Waals surface area (Å²) in [7, 11) is -4.64. The molecule has 2 fully saturated rings. The van der Waals surface area contributed by atoms with E-state index in [0.29, 0.717) is 0 Å². The Balaban J connectivity index is 0.000000527. The highest BCUT2D eigenvalue weighted by Crippen LogP contribution is 2.43. The zero-order chi connectivity index (χ0) is 25.2. The molecule has 1 saturated carbocycles. The van der Waals surface area contributed by atoms with Crippen LogP contribution in [0.3, 0.4) is 0 Å². The third-order valence-corrected chi connectivity index (χ3v) is 6.95. The molecule has 1 aliphatic heterocycles. The minimum absolute atomic E-state index is 0.0304.